The van der Waals surface area contributed by atoms with Crippen LogP contribution in [0.25, 0.3) is 0 Å². The van der Waals surface area contributed by atoms with E-state index in [1.165, 1.54) is 4.90 Å². The van der Waals surface area contributed by atoms with Gasteiger partial charge in [0.25, 0.3) is 0 Å². The highest BCUT2D eigenvalue weighted by Crippen LogP contribution is 2.11. The first-order valence-electron chi connectivity index (χ1n) is 3.85. The summed E-state index contributed by atoms with van der Waals surface area (Å²) in [6, 6.07) is 0. The molecule has 0 aliphatic carbocycles. The summed E-state index contributed by atoms with van der Waals surface area (Å²) in [6.07, 6.45) is -1.34. The van der Waals surface area contributed by atoms with Gasteiger partial charge in [0.05, 0.1) is 12.2 Å². The second-order valence-corrected chi connectivity index (χ2v) is 3.25. The number of likely N-dealkylation sites (tertiary alicyclic amines) is 1. The third kappa shape index (κ3) is 2.09. The third-order valence-corrected chi connectivity index (χ3v) is 2.11. The maximum Gasteiger partial charge on any atom is 0.223 e. The SMILES string of the molecule is O=C(CCCl)N1C[C@@H](O)[C@@H](O)C1. The molecule has 1 rings (SSSR count). The van der Waals surface area contributed by atoms with Crippen molar-refractivity contribution in [2.75, 3.05) is 19.0 Å². The lowest BCUT2D eigenvalue weighted by molar-refractivity contribution is -0.130. The number of alkyl halides is 1. The number of amides is 1. The van der Waals surface area contributed by atoms with Gasteiger partial charge in [0.1, 0.15) is 0 Å². The molecule has 0 bridgehead atoms. The molecular weight excluding hydrogens is 182 g/mol. The third-order valence-electron chi connectivity index (χ3n) is 1.92. The second kappa shape index (κ2) is 4.07. The van der Waals surface area contributed by atoms with Gasteiger partial charge in [-0.25, -0.2) is 0 Å². The minimum absolute atomic E-state index is 0.111. The Labute approximate surface area is 75.7 Å². The van der Waals surface area contributed by atoms with E-state index < -0.39 is 12.2 Å². The van der Waals surface area contributed by atoms with Crippen molar-refractivity contribution < 1.29 is 15.0 Å². The van der Waals surface area contributed by atoms with Gasteiger partial charge in [-0.2, -0.15) is 0 Å². The number of β-amino-alcohol motifs (C(OH)–C–C–N with tert-alkyl or cyclic N) is 2. The molecule has 0 radical (unpaired) electrons. The van der Waals surface area contributed by atoms with Gasteiger partial charge in [0.2, 0.25) is 5.91 Å². The van der Waals surface area contributed by atoms with Gasteiger partial charge < -0.3 is 15.1 Å². The zero-order valence-electron chi connectivity index (χ0n) is 6.61. The molecule has 1 saturated heterocycles. The maximum absolute atomic E-state index is 11.2. The minimum atomic E-state index is -0.802. The fraction of sp³-hybridized carbons (Fsp3) is 0.857. The Morgan fingerprint density at radius 2 is 1.92 bits per heavy atom. The average Bonchev–Trinajstić information content (AvgIpc) is 2.33. The zero-order chi connectivity index (χ0) is 9.14. The van der Waals surface area contributed by atoms with E-state index in [2.05, 4.69) is 0 Å². The van der Waals surface area contributed by atoms with Crippen molar-refractivity contribution in [3.63, 3.8) is 0 Å². The molecule has 1 amide bonds. The molecule has 1 aliphatic rings. The summed E-state index contributed by atoms with van der Waals surface area (Å²) in [5.41, 5.74) is 0. The Morgan fingerprint density at radius 1 is 1.42 bits per heavy atom. The Kier molecular flexibility index (Phi) is 3.31. The fourth-order valence-corrected chi connectivity index (χ4v) is 1.37. The van der Waals surface area contributed by atoms with E-state index in [0.717, 1.165) is 0 Å². The zero-order valence-corrected chi connectivity index (χ0v) is 7.37. The molecule has 5 heteroatoms. The molecule has 0 spiro atoms. The number of carbonyl (C=O) groups is 1. The molecule has 1 heterocycles. The number of hydrogen-bond acceptors (Lipinski definition) is 3. The van der Waals surface area contributed by atoms with Crippen molar-refractivity contribution in [1.29, 1.82) is 0 Å². The highest BCUT2D eigenvalue weighted by Gasteiger charge is 2.31. The molecule has 70 valence electrons. The first-order chi connectivity index (χ1) is 5.65. The number of aliphatic hydroxyl groups is 2. The molecular formula is C7H12ClNO3. The van der Waals surface area contributed by atoms with Crippen molar-refractivity contribution in [3.8, 4) is 0 Å². The van der Waals surface area contributed by atoms with E-state index in [9.17, 15) is 4.79 Å². The molecule has 0 aromatic rings. The van der Waals surface area contributed by atoms with E-state index >= 15 is 0 Å². The van der Waals surface area contributed by atoms with Crippen LogP contribution >= 0.6 is 11.6 Å². The van der Waals surface area contributed by atoms with Gasteiger partial charge in [0.15, 0.2) is 0 Å². The number of hydrogen-bond donors (Lipinski definition) is 2. The lowest BCUT2D eigenvalue weighted by Gasteiger charge is -2.13. The highest BCUT2D eigenvalue weighted by atomic mass is 35.5. The van der Waals surface area contributed by atoms with Crippen LogP contribution in [0.4, 0.5) is 0 Å². The van der Waals surface area contributed by atoms with Crippen LogP contribution in [-0.2, 0) is 4.79 Å². The molecule has 12 heavy (non-hydrogen) atoms. The monoisotopic (exact) mass is 193 g/mol. The van der Waals surface area contributed by atoms with E-state index in [0.29, 0.717) is 0 Å². The minimum Gasteiger partial charge on any atom is -0.388 e. The lowest BCUT2D eigenvalue weighted by atomic mass is 10.3. The van der Waals surface area contributed by atoms with Crippen LogP contribution < -0.4 is 0 Å². The van der Waals surface area contributed by atoms with E-state index in [1.54, 1.807) is 0 Å². The summed E-state index contributed by atoms with van der Waals surface area (Å²) in [5.74, 6) is 0.169. The van der Waals surface area contributed by atoms with Crippen molar-refractivity contribution in [2.24, 2.45) is 0 Å². The Morgan fingerprint density at radius 3 is 2.33 bits per heavy atom. The summed E-state index contributed by atoms with van der Waals surface area (Å²) in [4.78, 5) is 12.6. The van der Waals surface area contributed by atoms with Crippen LogP contribution in [0.5, 0.6) is 0 Å². The summed E-state index contributed by atoms with van der Waals surface area (Å²) >= 11 is 5.38. The molecule has 0 aromatic heterocycles. The summed E-state index contributed by atoms with van der Waals surface area (Å²) < 4.78 is 0. The molecule has 2 N–H and O–H groups in total. The number of carbonyl (C=O) groups excluding carboxylic acids is 1. The van der Waals surface area contributed by atoms with Gasteiger partial charge in [-0.1, -0.05) is 0 Å². The molecule has 4 nitrogen and oxygen atoms in total. The summed E-state index contributed by atoms with van der Waals surface area (Å²) in [6.45, 7) is 0.438. The normalized spacial score (nSPS) is 29.4. The van der Waals surface area contributed by atoms with Crippen LogP contribution in [0.2, 0.25) is 0 Å². The van der Waals surface area contributed by atoms with Crippen LogP contribution in [0, 0.1) is 0 Å². The molecule has 2 atom stereocenters. The van der Waals surface area contributed by atoms with Gasteiger partial charge in [-0.15, -0.1) is 11.6 Å². The van der Waals surface area contributed by atoms with E-state index in [1.807, 2.05) is 0 Å². The topological polar surface area (TPSA) is 60.8 Å². The standard InChI is InChI=1S/C7H12ClNO3/c8-2-1-7(12)9-3-5(10)6(11)4-9/h5-6,10-11H,1-4H2/t5-,6+. The Bertz CT molecular complexity index is 166. The smallest absolute Gasteiger partial charge is 0.223 e. The fourth-order valence-electron chi connectivity index (χ4n) is 1.21. The molecule has 1 fully saturated rings. The van der Waals surface area contributed by atoms with Crippen LogP contribution in [-0.4, -0.2) is 52.2 Å². The number of nitrogens with zero attached hydrogens (tertiary/aromatic N) is 1. The second-order valence-electron chi connectivity index (χ2n) is 2.87. The van der Waals surface area contributed by atoms with Gasteiger partial charge in [-0.3, -0.25) is 4.79 Å². The Hall–Kier alpha value is -0.320. The predicted octanol–water partition coefficient (Wildman–Crippen LogP) is -0.821. The molecule has 0 unspecified atom stereocenters. The number of halogens is 1. The van der Waals surface area contributed by atoms with Crippen molar-refractivity contribution in [2.45, 2.75) is 18.6 Å². The van der Waals surface area contributed by atoms with Gasteiger partial charge in [0, 0.05) is 25.4 Å². The Balaban J connectivity index is 2.40. The molecule has 1 aliphatic heterocycles. The van der Waals surface area contributed by atoms with Crippen LogP contribution in [0.1, 0.15) is 6.42 Å². The maximum atomic E-state index is 11.2. The quantitative estimate of drug-likeness (QED) is 0.564. The van der Waals surface area contributed by atoms with Gasteiger partial charge in [-0.05, 0) is 0 Å². The molecule has 0 saturated carbocycles. The summed E-state index contributed by atoms with van der Waals surface area (Å²) in [7, 11) is 0. The van der Waals surface area contributed by atoms with E-state index in [-0.39, 0.29) is 31.3 Å². The van der Waals surface area contributed by atoms with Crippen LogP contribution in [0.15, 0.2) is 0 Å². The van der Waals surface area contributed by atoms with Crippen molar-refractivity contribution in [1.82, 2.24) is 4.90 Å². The van der Waals surface area contributed by atoms with Gasteiger partial charge >= 0.3 is 0 Å². The average molecular weight is 194 g/mol. The van der Waals surface area contributed by atoms with Crippen molar-refractivity contribution >= 4 is 17.5 Å². The van der Waals surface area contributed by atoms with Crippen molar-refractivity contribution in [3.05, 3.63) is 0 Å². The first-order valence-corrected chi connectivity index (χ1v) is 4.38. The lowest BCUT2D eigenvalue weighted by Crippen LogP contribution is -2.29. The van der Waals surface area contributed by atoms with E-state index in [4.69, 9.17) is 21.8 Å². The summed E-state index contributed by atoms with van der Waals surface area (Å²) in [5, 5.41) is 18.2. The largest absolute Gasteiger partial charge is 0.388 e. The predicted molar refractivity (Wildman–Crippen MR) is 43.9 cm³/mol. The first kappa shape index (κ1) is 9.77. The van der Waals surface area contributed by atoms with Crippen LogP contribution in [0.3, 0.4) is 0 Å². The number of rotatable bonds is 2. The number of aliphatic hydroxyl groups excluding tert-OH is 2. The molecule has 0 aromatic carbocycles. The highest BCUT2D eigenvalue weighted by molar-refractivity contribution is 6.18.